The number of ether oxygens (including phenoxy) is 1. The monoisotopic (exact) mass is 376 g/mol. The summed E-state index contributed by atoms with van der Waals surface area (Å²) in [5.41, 5.74) is 2.90. The van der Waals surface area contributed by atoms with Crippen LogP contribution in [0.3, 0.4) is 0 Å². The third-order valence-corrected chi connectivity index (χ3v) is 4.15. The molecule has 4 heteroatoms. The van der Waals surface area contributed by atoms with Crippen LogP contribution < -0.4 is 4.74 Å². The number of carbonyl (C=O) groups excluding carboxylic acids is 2. The van der Waals surface area contributed by atoms with Crippen molar-refractivity contribution in [2.24, 2.45) is 0 Å². The van der Waals surface area contributed by atoms with E-state index in [4.69, 9.17) is 16.3 Å². The fraction of sp³-hybridized carbons (Fsp3) is 0.0435. The lowest BCUT2D eigenvalue weighted by molar-refractivity contribution is 0.0734. The molecule has 0 aliphatic heterocycles. The highest BCUT2D eigenvalue weighted by Gasteiger charge is 2.09. The number of hydrogen-bond donors (Lipinski definition) is 0. The quantitative estimate of drug-likeness (QED) is 0.246. The van der Waals surface area contributed by atoms with Gasteiger partial charge in [0, 0.05) is 10.6 Å². The maximum atomic E-state index is 12.3. The van der Waals surface area contributed by atoms with Gasteiger partial charge in [0.25, 0.3) is 0 Å². The van der Waals surface area contributed by atoms with Gasteiger partial charge in [-0.3, -0.25) is 4.79 Å². The molecule has 3 rings (SSSR count). The number of rotatable bonds is 5. The average molecular weight is 377 g/mol. The van der Waals surface area contributed by atoms with Gasteiger partial charge in [-0.2, -0.15) is 0 Å². The summed E-state index contributed by atoms with van der Waals surface area (Å²) in [6.45, 7) is 1.95. The van der Waals surface area contributed by atoms with Crippen LogP contribution in [-0.2, 0) is 0 Å². The summed E-state index contributed by atoms with van der Waals surface area (Å²) in [4.78, 5) is 24.4. The molecule has 0 radical (unpaired) electrons. The molecular formula is C23H17ClO3. The summed E-state index contributed by atoms with van der Waals surface area (Å²) in [5.74, 6) is -0.197. The van der Waals surface area contributed by atoms with E-state index in [2.05, 4.69) is 0 Å². The molecule has 3 nitrogen and oxygen atoms in total. The number of halogens is 1. The Morgan fingerprint density at radius 1 is 0.889 bits per heavy atom. The number of esters is 1. The molecule has 0 fully saturated rings. The van der Waals surface area contributed by atoms with Crippen LogP contribution in [0.1, 0.15) is 31.8 Å². The minimum Gasteiger partial charge on any atom is -0.423 e. The molecule has 0 bridgehead atoms. The van der Waals surface area contributed by atoms with Crippen molar-refractivity contribution in [3.05, 3.63) is 106 Å². The molecular weight excluding hydrogens is 360 g/mol. The topological polar surface area (TPSA) is 43.4 Å². The molecule has 0 saturated heterocycles. The lowest BCUT2D eigenvalue weighted by Crippen LogP contribution is -2.08. The van der Waals surface area contributed by atoms with Gasteiger partial charge in [0.1, 0.15) is 5.75 Å². The van der Waals surface area contributed by atoms with Crippen LogP contribution in [0.5, 0.6) is 5.75 Å². The number of ketones is 1. The zero-order valence-corrected chi connectivity index (χ0v) is 15.4. The molecule has 0 spiro atoms. The van der Waals surface area contributed by atoms with Crippen molar-refractivity contribution in [1.29, 1.82) is 0 Å². The van der Waals surface area contributed by atoms with Gasteiger partial charge in [-0.1, -0.05) is 47.5 Å². The Hall–Kier alpha value is -3.17. The van der Waals surface area contributed by atoms with Gasteiger partial charge in [0.15, 0.2) is 5.78 Å². The van der Waals surface area contributed by atoms with Crippen molar-refractivity contribution in [1.82, 2.24) is 0 Å². The predicted molar refractivity (Wildman–Crippen MR) is 107 cm³/mol. The van der Waals surface area contributed by atoms with Gasteiger partial charge in [0.05, 0.1) is 5.56 Å². The fourth-order valence-corrected chi connectivity index (χ4v) is 2.62. The van der Waals surface area contributed by atoms with Gasteiger partial charge in [-0.25, -0.2) is 4.79 Å². The van der Waals surface area contributed by atoms with Crippen LogP contribution >= 0.6 is 11.6 Å². The van der Waals surface area contributed by atoms with Crippen molar-refractivity contribution in [3.8, 4) is 5.75 Å². The third-order valence-electron chi connectivity index (χ3n) is 3.91. The second-order valence-electron chi connectivity index (χ2n) is 6.03. The van der Waals surface area contributed by atoms with E-state index in [9.17, 15) is 9.59 Å². The van der Waals surface area contributed by atoms with Crippen molar-refractivity contribution in [3.63, 3.8) is 0 Å². The van der Waals surface area contributed by atoms with Crippen LogP contribution in [0.4, 0.5) is 0 Å². The van der Waals surface area contributed by atoms with E-state index in [1.165, 1.54) is 6.08 Å². The molecule has 0 unspecified atom stereocenters. The first-order valence-electron chi connectivity index (χ1n) is 8.38. The van der Waals surface area contributed by atoms with E-state index in [1.54, 1.807) is 54.6 Å². The second kappa shape index (κ2) is 8.47. The van der Waals surface area contributed by atoms with Crippen molar-refractivity contribution in [2.75, 3.05) is 0 Å². The maximum Gasteiger partial charge on any atom is 0.343 e. The second-order valence-corrected chi connectivity index (χ2v) is 6.47. The van der Waals surface area contributed by atoms with Gasteiger partial charge in [0.2, 0.25) is 0 Å². The van der Waals surface area contributed by atoms with E-state index >= 15 is 0 Å². The largest absolute Gasteiger partial charge is 0.423 e. The molecule has 0 amide bonds. The van der Waals surface area contributed by atoms with Gasteiger partial charge in [-0.15, -0.1) is 0 Å². The molecule has 0 saturated carbocycles. The Bertz CT molecular complexity index is 987. The average Bonchev–Trinajstić information content (AvgIpc) is 2.67. The Balaban J connectivity index is 1.65. The molecule has 3 aromatic rings. The molecule has 3 aromatic carbocycles. The predicted octanol–water partition coefficient (Wildman–Crippen LogP) is 5.76. The number of benzene rings is 3. The van der Waals surface area contributed by atoms with Crippen molar-refractivity contribution in [2.45, 2.75) is 6.92 Å². The molecule has 0 aliphatic rings. The lowest BCUT2D eigenvalue weighted by atomic mass is 10.1. The summed E-state index contributed by atoms with van der Waals surface area (Å²) in [6, 6.07) is 20.8. The summed E-state index contributed by atoms with van der Waals surface area (Å²) in [7, 11) is 0. The third kappa shape index (κ3) is 5.16. The Labute approximate surface area is 162 Å². The van der Waals surface area contributed by atoms with Crippen LogP contribution in [0, 0.1) is 6.92 Å². The SMILES string of the molecule is Cc1ccc(C(=O)Oc2ccc(C(=O)C=Cc3cccc(Cl)c3)cc2)cc1. The Kier molecular flexibility index (Phi) is 5.84. The minimum atomic E-state index is -0.435. The van der Waals surface area contributed by atoms with E-state index in [0.29, 0.717) is 21.9 Å². The van der Waals surface area contributed by atoms with E-state index in [1.807, 2.05) is 31.2 Å². The summed E-state index contributed by atoms with van der Waals surface area (Å²) in [6.07, 6.45) is 3.19. The fourth-order valence-electron chi connectivity index (χ4n) is 2.42. The molecule has 134 valence electrons. The number of carbonyl (C=O) groups is 2. The summed E-state index contributed by atoms with van der Waals surface area (Å²) in [5, 5.41) is 0.615. The summed E-state index contributed by atoms with van der Waals surface area (Å²) >= 11 is 5.93. The highest BCUT2D eigenvalue weighted by molar-refractivity contribution is 6.30. The number of aryl methyl sites for hydroxylation is 1. The molecule has 0 N–H and O–H groups in total. The molecule has 0 atom stereocenters. The smallest absolute Gasteiger partial charge is 0.343 e. The first kappa shape index (κ1) is 18.6. The van der Waals surface area contributed by atoms with Crippen LogP contribution in [-0.4, -0.2) is 11.8 Å². The maximum absolute atomic E-state index is 12.3. The molecule has 27 heavy (non-hydrogen) atoms. The van der Waals surface area contributed by atoms with Crippen LogP contribution in [0.2, 0.25) is 5.02 Å². The lowest BCUT2D eigenvalue weighted by Gasteiger charge is -2.05. The van der Waals surface area contributed by atoms with Gasteiger partial charge >= 0.3 is 5.97 Å². The highest BCUT2D eigenvalue weighted by atomic mass is 35.5. The van der Waals surface area contributed by atoms with Crippen LogP contribution in [0.15, 0.2) is 78.9 Å². The number of hydrogen-bond acceptors (Lipinski definition) is 3. The standard InChI is InChI=1S/C23H17ClO3/c1-16-5-8-19(9-6-16)23(26)27-21-12-10-18(11-13-21)22(25)14-7-17-3-2-4-20(24)15-17/h2-15H,1H3. The first-order valence-corrected chi connectivity index (χ1v) is 8.76. The van der Waals surface area contributed by atoms with Crippen molar-refractivity contribution >= 4 is 29.4 Å². The molecule has 0 heterocycles. The van der Waals surface area contributed by atoms with E-state index in [0.717, 1.165) is 11.1 Å². The molecule has 0 aromatic heterocycles. The normalized spacial score (nSPS) is 10.7. The van der Waals surface area contributed by atoms with Crippen molar-refractivity contribution < 1.29 is 14.3 Å². The van der Waals surface area contributed by atoms with E-state index < -0.39 is 5.97 Å². The zero-order chi connectivity index (χ0) is 19.2. The van der Waals surface area contributed by atoms with Crippen LogP contribution in [0.25, 0.3) is 6.08 Å². The molecule has 0 aliphatic carbocycles. The minimum absolute atomic E-state index is 0.147. The van der Waals surface area contributed by atoms with E-state index in [-0.39, 0.29) is 5.78 Å². The Morgan fingerprint density at radius 2 is 1.56 bits per heavy atom. The zero-order valence-electron chi connectivity index (χ0n) is 14.7. The number of allylic oxidation sites excluding steroid dienone is 1. The Morgan fingerprint density at radius 3 is 2.22 bits per heavy atom. The van der Waals surface area contributed by atoms with Gasteiger partial charge in [-0.05, 0) is 67.1 Å². The van der Waals surface area contributed by atoms with Gasteiger partial charge < -0.3 is 4.74 Å². The summed E-state index contributed by atoms with van der Waals surface area (Å²) < 4.78 is 5.33. The highest BCUT2D eigenvalue weighted by Crippen LogP contribution is 2.16. The first-order chi connectivity index (χ1) is 13.0.